The fraction of sp³-hybridized carbons (Fsp3) is 0.182. The van der Waals surface area contributed by atoms with Crippen molar-refractivity contribution in [2.75, 3.05) is 0 Å². The molecule has 0 aliphatic heterocycles. The summed E-state index contributed by atoms with van der Waals surface area (Å²) in [6.07, 6.45) is 1.74. The minimum absolute atomic E-state index is 0.158. The Morgan fingerprint density at radius 3 is 3.00 bits per heavy atom. The molecule has 3 aromatic rings. The maximum atomic E-state index is 5.71. The maximum Gasteiger partial charge on any atom is 0.211 e. The minimum Gasteiger partial charge on any atom is -0.438 e. The van der Waals surface area contributed by atoms with Crippen LogP contribution in [-0.2, 0) is 0 Å². The average Bonchev–Trinajstić information content (AvgIpc) is 2.91. The Morgan fingerprint density at radius 1 is 1.44 bits per heavy atom. The highest BCUT2D eigenvalue weighted by Gasteiger charge is 2.12. The first-order chi connectivity index (χ1) is 7.74. The van der Waals surface area contributed by atoms with Crippen LogP contribution in [0.15, 0.2) is 28.1 Å². The van der Waals surface area contributed by atoms with Crippen molar-refractivity contribution in [2.24, 2.45) is 5.73 Å². The molecule has 1 atom stereocenters. The molecule has 82 valence electrons. The van der Waals surface area contributed by atoms with Crippen LogP contribution in [0, 0.1) is 0 Å². The van der Waals surface area contributed by atoms with Gasteiger partial charge in [0.15, 0.2) is 5.76 Å². The summed E-state index contributed by atoms with van der Waals surface area (Å²) in [5.74, 6) is 1.40. The number of nitrogens with two attached hydrogens (primary N) is 1. The van der Waals surface area contributed by atoms with Crippen molar-refractivity contribution >= 4 is 32.1 Å². The van der Waals surface area contributed by atoms with Gasteiger partial charge in [0.25, 0.3) is 0 Å². The molecule has 0 fully saturated rings. The van der Waals surface area contributed by atoms with E-state index in [2.05, 4.69) is 22.5 Å². The summed E-state index contributed by atoms with van der Waals surface area (Å²) < 4.78 is 8.19. The van der Waals surface area contributed by atoms with Gasteiger partial charge < -0.3 is 10.2 Å². The molecule has 3 heterocycles. The molecule has 3 aromatic heterocycles. The summed E-state index contributed by atoms with van der Waals surface area (Å²) in [6, 6.07) is 4.10. The number of thiophene rings is 2. The van der Waals surface area contributed by atoms with Gasteiger partial charge in [0.05, 0.1) is 17.1 Å². The Morgan fingerprint density at radius 2 is 2.31 bits per heavy atom. The molecule has 5 heteroatoms. The van der Waals surface area contributed by atoms with Crippen LogP contribution in [0.2, 0.25) is 0 Å². The zero-order chi connectivity index (χ0) is 11.1. The van der Waals surface area contributed by atoms with E-state index >= 15 is 0 Å². The van der Waals surface area contributed by atoms with Crippen molar-refractivity contribution in [3.05, 3.63) is 29.6 Å². The molecule has 0 amide bonds. The molecule has 0 spiro atoms. The lowest BCUT2D eigenvalue weighted by atomic mass is 10.4. The van der Waals surface area contributed by atoms with Gasteiger partial charge in [-0.05, 0) is 24.4 Å². The van der Waals surface area contributed by atoms with E-state index in [1.165, 1.54) is 9.40 Å². The summed E-state index contributed by atoms with van der Waals surface area (Å²) in [7, 11) is 0. The predicted octanol–water partition coefficient (Wildman–Crippen LogP) is 3.64. The molecule has 1 unspecified atom stereocenters. The Hall–Kier alpha value is -1.17. The Balaban J connectivity index is 2.05. The summed E-state index contributed by atoms with van der Waals surface area (Å²) in [6.45, 7) is 1.86. The Bertz CT molecular complexity index is 592. The third kappa shape index (κ3) is 1.57. The van der Waals surface area contributed by atoms with Crippen molar-refractivity contribution in [2.45, 2.75) is 13.0 Å². The van der Waals surface area contributed by atoms with Crippen molar-refractivity contribution in [3.8, 4) is 10.6 Å². The Labute approximate surface area is 101 Å². The zero-order valence-electron chi connectivity index (χ0n) is 8.64. The van der Waals surface area contributed by atoms with Gasteiger partial charge in [-0.15, -0.1) is 22.7 Å². The topological polar surface area (TPSA) is 52.0 Å². The predicted molar refractivity (Wildman–Crippen MR) is 67.8 cm³/mol. The summed E-state index contributed by atoms with van der Waals surface area (Å²) in [5, 5.41) is 2.10. The molecule has 0 aliphatic rings. The number of oxazole rings is 1. The molecule has 3 rings (SSSR count). The van der Waals surface area contributed by atoms with E-state index in [1.807, 2.05) is 6.92 Å². The number of aromatic nitrogens is 1. The highest BCUT2D eigenvalue weighted by atomic mass is 32.1. The van der Waals surface area contributed by atoms with Crippen LogP contribution in [-0.4, -0.2) is 4.98 Å². The van der Waals surface area contributed by atoms with Gasteiger partial charge in [-0.1, -0.05) is 0 Å². The third-order valence-corrected chi connectivity index (χ3v) is 4.40. The fourth-order valence-corrected chi connectivity index (χ4v) is 3.55. The monoisotopic (exact) mass is 250 g/mol. The summed E-state index contributed by atoms with van der Waals surface area (Å²) in [4.78, 5) is 5.28. The molecule has 2 N–H and O–H groups in total. The molecule has 0 bridgehead atoms. The number of rotatable bonds is 2. The van der Waals surface area contributed by atoms with E-state index in [0.717, 1.165) is 10.6 Å². The van der Waals surface area contributed by atoms with Gasteiger partial charge >= 0.3 is 0 Å². The molecule has 0 aliphatic carbocycles. The minimum atomic E-state index is -0.158. The third-order valence-electron chi connectivity index (χ3n) is 2.30. The lowest BCUT2D eigenvalue weighted by Crippen LogP contribution is -2.04. The van der Waals surface area contributed by atoms with Crippen LogP contribution in [0.4, 0.5) is 0 Å². The van der Waals surface area contributed by atoms with Gasteiger partial charge in [-0.2, -0.15) is 0 Å². The van der Waals surface area contributed by atoms with Gasteiger partial charge in [0, 0.05) is 9.40 Å². The first kappa shape index (κ1) is 10.0. The Kier molecular flexibility index (Phi) is 2.31. The lowest BCUT2D eigenvalue weighted by molar-refractivity contribution is 0.474. The van der Waals surface area contributed by atoms with E-state index in [4.69, 9.17) is 10.2 Å². The van der Waals surface area contributed by atoms with Crippen LogP contribution < -0.4 is 5.73 Å². The molecule has 16 heavy (non-hydrogen) atoms. The van der Waals surface area contributed by atoms with Crippen LogP contribution in [0.25, 0.3) is 20.0 Å². The number of nitrogens with zero attached hydrogens (tertiary/aromatic N) is 1. The number of hydrogen-bond acceptors (Lipinski definition) is 5. The highest BCUT2D eigenvalue weighted by molar-refractivity contribution is 7.28. The molecular weight excluding hydrogens is 240 g/mol. The van der Waals surface area contributed by atoms with Crippen molar-refractivity contribution in [1.29, 1.82) is 0 Å². The smallest absolute Gasteiger partial charge is 0.211 e. The second kappa shape index (κ2) is 3.69. The number of fused-ring (bicyclic) bond motifs is 1. The van der Waals surface area contributed by atoms with Crippen LogP contribution in [0.1, 0.15) is 18.9 Å². The SMILES string of the molecule is CC(N)c1ncc(-c2cc3sccc3s2)o1. The second-order valence-corrected chi connectivity index (χ2v) is 5.64. The first-order valence-electron chi connectivity index (χ1n) is 4.93. The first-order valence-corrected chi connectivity index (χ1v) is 6.62. The van der Waals surface area contributed by atoms with Crippen molar-refractivity contribution < 1.29 is 4.42 Å². The maximum absolute atomic E-state index is 5.71. The molecule has 0 saturated heterocycles. The van der Waals surface area contributed by atoms with E-state index in [0.29, 0.717) is 5.89 Å². The molecule has 0 aromatic carbocycles. The van der Waals surface area contributed by atoms with Crippen molar-refractivity contribution in [3.63, 3.8) is 0 Å². The average molecular weight is 250 g/mol. The van der Waals surface area contributed by atoms with Crippen LogP contribution in [0.5, 0.6) is 0 Å². The van der Waals surface area contributed by atoms with Gasteiger partial charge in [0.1, 0.15) is 0 Å². The van der Waals surface area contributed by atoms with Crippen LogP contribution >= 0.6 is 22.7 Å². The number of hydrogen-bond donors (Lipinski definition) is 1. The van der Waals surface area contributed by atoms with Gasteiger partial charge in [-0.3, -0.25) is 0 Å². The van der Waals surface area contributed by atoms with Crippen molar-refractivity contribution in [1.82, 2.24) is 4.98 Å². The largest absolute Gasteiger partial charge is 0.438 e. The normalized spacial score (nSPS) is 13.4. The van der Waals surface area contributed by atoms with Gasteiger partial charge in [-0.25, -0.2) is 4.98 Å². The van der Waals surface area contributed by atoms with E-state index < -0.39 is 0 Å². The van der Waals surface area contributed by atoms with Crippen LogP contribution in [0.3, 0.4) is 0 Å². The molecule has 0 radical (unpaired) electrons. The fourth-order valence-electron chi connectivity index (χ4n) is 1.50. The summed E-state index contributed by atoms with van der Waals surface area (Å²) in [5.41, 5.74) is 5.71. The highest BCUT2D eigenvalue weighted by Crippen LogP contribution is 2.36. The van der Waals surface area contributed by atoms with Gasteiger partial charge in [0.2, 0.25) is 5.89 Å². The molecule has 0 saturated carbocycles. The second-order valence-electron chi connectivity index (χ2n) is 3.61. The van der Waals surface area contributed by atoms with E-state index in [1.54, 1.807) is 28.9 Å². The standard InChI is InChI=1S/C11H10N2OS2/c1-6(12)11-13-5-7(14-11)9-4-10-8(16-9)2-3-15-10/h2-6H,12H2,1H3. The zero-order valence-corrected chi connectivity index (χ0v) is 10.3. The molecule has 3 nitrogen and oxygen atoms in total. The van der Waals surface area contributed by atoms with E-state index in [9.17, 15) is 0 Å². The quantitative estimate of drug-likeness (QED) is 0.755. The lowest BCUT2D eigenvalue weighted by Gasteiger charge is -1.95. The van der Waals surface area contributed by atoms with E-state index in [-0.39, 0.29) is 6.04 Å². The summed E-state index contributed by atoms with van der Waals surface area (Å²) >= 11 is 3.46. The molecular formula is C11H10N2OS2.